The Morgan fingerprint density at radius 3 is 2.81 bits per heavy atom. The second-order valence-electron chi connectivity index (χ2n) is 5.69. The summed E-state index contributed by atoms with van der Waals surface area (Å²) in [5, 5.41) is 0. The SMILES string of the molecule is CCC1C(=O)OCc2c1cc1n(c2=O)CCC12OCCO2. The van der Waals surface area contributed by atoms with Crippen molar-refractivity contribution in [3.63, 3.8) is 0 Å². The second-order valence-corrected chi connectivity index (χ2v) is 5.69. The van der Waals surface area contributed by atoms with Crippen LogP contribution < -0.4 is 5.56 Å². The molecule has 1 spiro atoms. The fourth-order valence-electron chi connectivity index (χ4n) is 3.59. The maximum Gasteiger partial charge on any atom is 0.313 e. The standard InChI is InChI=1S/C15H17NO5/c1-2-9-10-7-12-15(20-5-6-21-15)3-4-16(12)13(17)11(10)8-19-14(9)18/h7,9H,2-6,8H2,1H3. The van der Waals surface area contributed by atoms with E-state index in [-0.39, 0.29) is 24.1 Å². The Kier molecular flexibility index (Phi) is 2.74. The molecule has 3 aliphatic heterocycles. The number of hydrogen-bond acceptors (Lipinski definition) is 5. The van der Waals surface area contributed by atoms with Gasteiger partial charge in [-0.2, -0.15) is 0 Å². The molecule has 0 radical (unpaired) electrons. The van der Waals surface area contributed by atoms with Crippen LogP contribution in [0.3, 0.4) is 0 Å². The summed E-state index contributed by atoms with van der Waals surface area (Å²) < 4.78 is 18.4. The van der Waals surface area contributed by atoms with Gasteiger partial charge in [-0.1, -0.05) is 6.92 Å². The fourth-order valence-corrected chi connectivity index (χ4v) is 3.59. The molecule has 6 heteroatoms. The number of esters is 1. The first-order valence-corrected chi connectivity index (χ1v) is 7.38. The van der Waals surface area contributed by atoms with Crippen LogP contribution in [0.15, 0.2) is 10.9 Å². The summed E-state index contributed by atoms with van der Waals surface area (Å²) in [6, 6.07) is 1.92. The Bertz CT molecular complexity index is 671. The normalized spacial score (nSPS) is 25.8. The number of nitrogens with zero attached hydrogens (tertiary/aromatic N) is 1. The van der Waals surface area contributed by atoms with Crippen molar-refractivity contribution in [3.8, 4) is 0 Å². The maximum atomic E-state index is 12.7. The molecular formula is C15H17NO5. The number of carbonyl (C=O) groups excluding carboxylic acids is 1. The van der Waals surface area contributed by atoms with Crippen molar-refractivity contribution in [2.24, 2.45) is 0 Å². The Hall–Kier alpha value is -1.66. The quantitative estimate of drug-likeness (QED) is 0.722. The van der Waals surface area contributed by atoms with Gasteiger partial charge in [0.05, 0.1) is 30.4 Å². The zero-order chi connectivity index (χ0) is 14.6. The first-order chi connectivity index (χ1) is 10.2. The molecule has 1 aromatic heterocycles. The fraction of sp³-hybridized carbons (Fsp3) is 0.600. The summed E-state index contributed by atoms with van der Waals surface area (Å²) in [6.45, 7) is 3.63. The van der Waals surface area contributed by atoms with Gasteiger partial charge in [0.1, 0.15) is 6.61 Å². The number of cyclic esters (lactones) is 1. The van der Waals surface area contributed by atoms with Crippen LogP contribution in [0.4, 0.5) is 0 Å². The summed E-state index contributed by atoms with van der Waals surface area (Å²) in [7, 11) is 0. The second kappa shape index (κ2) is 4.42. The highest BCUT2D eigenvalue weighted by molar-refractivity contribution is 5.80. The molecule has 1 aromatic rings. The highest BCUT2D eigenvalue weighted by Crippen LogP contribution is 2.41. The smallest absolute Gasteiger partial charge is 0.313 e. The largest absolute Gasteiger partial charge is 0.460 e. The molecule has 1 atom stereocenters. The molecule has 0 saturated carbocycles. The van der Waals surface area contributed by atoms with Crippen molar-refractivity contribution in [1.82, 2.24) is 4.57 Å². The third-order valence-electron chi connectivity index (χ3n) is 4.67. The van der Waals surface area contributed by atoms with Gasteiger partial charge in [-0.25, -0.2) is 0 Å². The Balaban J connectivity index is 1.93. The zero-order valence-electron chi connectivity index (χ0n) is 11.9. The number of hydrogen-bond donors (Lipinski definition) is 0. The molecule has 6 nitrogen and oxygen atoms in total. The third-order valence-corrected chi connectivity index (χ3v) is 4.67. The predicted molar refractivity (Wildman–Crippen MR) is 71.7 cm³/mol. The van der Waals surface area contributed by atoms with E-state index in [0.717, 1.165) is 11.3 Å². The van der Waals surface area contributed by atoms with Crippen molar-refractivity contribution in [3.05, 3.63) is 33.2 Å². The topological polar surface area (TPSA) is 66.8 Å². The van der Waals surface area contributed by atoms with Gasteiger partial charge in [-0.05, 0) is 18.1 Å². The molecule has 3 aliphatic rings. The monoisotopic (exact) mass is 291 g/mol. The van der Waals surface area contributed by atoms with E-state index in [1.807, 2.05) is 13.0 Å². The molecule has 0 aromatic carbocycles. The van der Waals surface area contributed by atoms with Gasteiger partial charge in [0.25, 0.3) is 5.56 Å². The van der Waals surface area contributed by atoms with Crippen molar-refractivity contribution < 1.29 is 19.0 Å². The van der Waals surface area contributed by atoms with Gasteiger partial charge in [0.15, 0.2) is 0 Å². The van der Waals surface area contributed by atoms with Crippen molar-refractivity contribution >= 4 is 5.97 Å². The Morgan fingerprint density at radius 1 is 1.33 bits per heavy atom. The van der Waals surface area contributed by atoms with Crippen LogP contribution in [-0.2, 0) is 37.9 Å². The van der Waals surface area contributed by atoms with Crippen molar-refractivity contribution in [1.29, 1.82) is 0 Å². The lowest BCUT2D eigenvalue weighted by Crippen LogP contribution is -2.34. The number of ether oxygens (including phenoxy) is 3. The van der Waals surface area contributed by atoms with Crippen LogP contribution in [-0.4, -0.2) is 23.8 Å². The third kappa shape index (κ3) is 1.66. The molecule has 0 N–H and O–H groups in total. The average molecular weight is 291 g/mol. The van der Waals surface area contributed by atoms with Crippen LogP contribution in [0.2, 0.25) is 0 Å². The van der Waals surface area contributed by atoms with Gasteiger partial charge in [0.2, 0.25) is 5.79 Å². The molecule has 1 fully saturated rings. The lowest BCUT2D eigenvalue weighted by Gasteiger charge is -2.27. The highest BCUT2D eigenvalue weighted by atomic mass is 16.7. The average Bonchev–Trinajstić information content (AvgIpc) is 3.09. The zero-order valence-corrected chi connectivity index (χ0v) is 11.9. The van der Waals surface area contributed by atoms with E-state index < -0.39 is 5.79 Å². The van der Waals surface area contributed by atoms with Gasteiger partial charge in [-0.3, -0.25) is 9.59 Å². The predicted octanol–water partition coefficient (Wildman–Crippen LogP) is 1.00. The van der Waals surface area contributed by atoms with Crippen LogP contribution in [0.5, 0.6) is 0 Å². The number of aromatic nitrogens is 1. The minimum atomic E-state index is -0.798. The van der Waals surface area contributed by atoms with E-state index in [9.17, 15) is 9.59 Å². The molecule has 21 heavy (non-hydrogen) atoms. The van der Waals surface area contributed by atoms with Gasteiger partial charge >= 0.3 is 5.97 Å². The van der Waals surface area contributed by atoms with Gasteiger partial charge in [-0.15, -0.1) is 0 Å². The molecule has 112 valence electrons. The molecule has 4 heterocycles. The summed E-state index contributed by atoms with van der Waals surface area (Å²) in [5.74, 6) is -1.42. The number of fused-ring (bicyclic) bond motifs is 3. The van der Waals surface area contributed by atoms with E-state index in [1.54, 1.807) is 4.57 Å². The maximum absolute atomic E-state index is 12.7. The molecule has 4 rings (SSSR count). The number of rotatable bonds is 1. The summed E-state index contributed by atoms with van der Waals surface area (Å²) >= 11 is 0. The minimum absolute atomic E-state index is 0.0680. The van der Waals surface area contributed by atoms with Gasteiger partial charge < -0.3 is 18.8 Å². The lowest BCUT2D eigenvalue weighted by molar-refractivity contribution is -0.163. The van der Waals surface area contributed by atoms with Gasteiger partial charge in [0, 0.05) is 13.0 Å². The highest BCUT2D eigenvalue weighted by Gasteiger charge is 2.46. The molecule has 0 amide bonds. The molecule has 1 saturated heterocycles. The summed E-state index contributed by atoms with van der Waals surface area (Å²) in [5.41, 5.74) is 2.05. The van der Waals surface area contributed by atoms with E-state index in [1.165, 1.54) is 0 Å². The van der Waals surface area contributed by atoms with Crippen LogP contribution in [0, 0.1) is 0 Å². The summed E-state index contributed by atoms with van der Waals surface area (Å²) in [6.07, 6.45) is 1.25. The molecule has 1 unspecified atom stereocenters. The van der Waals surface area contributed by atoms with E-state index in [0.29, 0.717) is 38.2 Å². The van der Waals surface area contributed by atoms with E-state index in [2.05, 4.69) is 0 Å². The minimum Gasteiger partial charge on any atom is -0.460 e. The summed E-state index contributed by atoms with van der Waals surface area (Å²) in [4.78, 5) is 24.6. The van der Waals surface area contributed by atoms with Crippen molar-refractivity contribution in [2.75, 3.05) is 13.2 Å². The Labute approximate surface area is 121 Å². The van der Waals surface area contributed by atoms with Crippen molar-refractivity contribution in [2.45, 2.75) is 44.6 Å². The van der Waals surface area contributed by atoms with Crippen LogP contribution in [0.1, 0.15) is 42.5 Å². The number of carbonyl (C=O) groups is 1. The molecule has 0 aliphatic carbocycles. The Morgan fingerprint density at radius 2 is 2.10 bits per heavy atom. The lowest BCUT2D eigenvalue weighted by atomic mass is 9.90. The first kappa shape index (κ1) is 13.0. The first-order valence-electron chi connectivity index (χ1n) is 7.38. The van der Waals surface area contributed by atoms with Crippen LogP contribution >= 0.6 is 0 Å². The van der Waals surface area contributed by atoms with E-state index >= 15 is 0 Å². The number of pyridine rings is 1. The van der Waals surface area contributed by atoms with E-state index in [4.69, 9.17) is 14.2 Å². The molecule has 0 bridgehead atoms. The van der Waals surface area contributed by atoms with Crippen LogP contribution in [0.25, 0.3) is 0 Å². The molecular weight excluding hydrogens is 274 g/mol.